The third-order valence-electron chi connectivity index (χ3n) is 2.91. The van der Waals surface area contributed by atoms with Gasteiger partial charge in [-0.3, -0.25) is 14.9 Å². The van der Waals surface area contributed by atoms with Crippen molar-refractivity contribution in [1.82, 2.24) is 14.8 Å². The van der Waals surface area contributed by atoms with Crippen LogP contribution in [0.4, 0.5) is 11.6 Å². The number of hydrogen-bond donors (Lipinski definition) is 2. The van der Waals surface area contributed by atoms with E-state index in [2.05, 4.69) is 36.6 Å². The summed E-state index contributed by atoms with van der Waals surface area (Å²) in [6.07, 6.45) is 1.35. The van der Waals surface area contributed by atoms with Gasteiger partial charge in [-0.05, 0) is 24.3 Å². The minimum atomic E-state index is -0.690. The highest BCUT2D eigenvalue weighted by Crippen LogP contribution is 2.23. The molecule has 1 atom stereocenters. The molecule has 0 spiro atoms. The summed E-state index contributed by atoms with van der Waals surface area (Å²) in [4.78, 5) is 27.7. The summed E-state index contributed by atoms with van der Waals surface area (Å²) in [6, 6.07) is 6.50. The average molecular weight is 336 g/mol. The van der Waals surface area contributed by atoms with E-state index in [0.29, 0.717) is 5.69 Å². The number of carbonyl (C=O) groups excluding carboxylic acids is 2. The maximum atomic E-state index is 12.3. The SMILES string of the molecule is O=C1C[C@@H](C(=O)Nc2ccc(Br)cc2)n2ncnc2N1. The molecule has 0 saturated carbocycles. The van der Waals surface area contributed by atoms with Crippen molar-refractivity contribution in [3.8, 4) is 0 Å². The molecule has 0 radical (unpaired) electrons. The van der Waals surface area contributed by atoms with Gasteiger partial charge in [0.2, 0.25) is 17.8 Å². The summed E-state index contributed by atoms with van der Waals surface area (Å²) in [7, 11) is 0. The number of benzene rings is 1. The first-order valence-corrected chi connectivity index (χ1v) is 6.68. The number of carbonyl (C=O) groups is 2. The fourth-order valence-corrected chi connectivity index (χ4v) is 2.23. The van der Waals surface area contributed by atoms with Crippen LogP contribution in [0.5, 0.6) is 0 Å². The highest BCUT2D eigenvalue weighted by molar-refractivity contribution is 9.10. The van der Waals surface area contributed by atoms with Crippen molar-refractivity contribution in [1.29, 1.82) is 0 Å². The molecule has 2 heterocycles. The second-order valence-corrected chi connectivity index (χ2v) is 5.21. The summed E-state index contributed by atoms with van der Waals surface area (Å²) in [6.45, 7) is 0. The first kappa shape index (κ1) is 12.8. The number of rotatable bonds is 2. The monoisotopic (exact) mass is 335 g/mol. The largest absolute Gasteiger partial charge is 0.324 e. The fourth-order valence-electron chi connectivity index (χ4n) is 1.97. The molecule has 2 N–H and O–H groups in total. The number of aromatic nitrogens is 3. The quantitative estimate of drug-likeness (QED) is 0.871. The van der Waals surface area contributed by atoms with E-state index in [4.69, 9.17) is 0 Å². The standard InChI is InChI=1S/C12H10BrN5O2/c13-7-1-3-8(4-2-7)16-11(20)9-5-10(19)17-12-14-6-15-18(9)12/h1-4,6,9H,5H2,(H,16,20)(H,14,15,17,19)/t9-/m0/s1. The Kier molecular flexibility index (Phi) is 3.23. The van der Waals surface area contributed by atoms with E-state index in [1.165, 1.54) is 11.0 Å². The molecule has 0 bridgehead atoms. The van der Waals surface area contributed by atoms with Gasteiger partial charge in [0.25, 0.3) is 0 Å². The number of fused-ring (bicyclic) bond motifs is 1. The van der Waals surface area contributed by atoms with Crippen molar-refractivity contribution in [2.75, 3.05) is 10.6 Å². The van der Waals surface area contributed by atoms with E-state index in [9.17, 15) is 9.59 Å². The van der Waals surface area contributed by atoms with Crippen LogP contribution < -0.4 is 10.6 Å². The van der Waals surface area contributed by atoms with Crippen LogP contribution in [0.25, 0.3) is 0 Å². The Bertz CT molecular complexity index is 667. The third kappa shape index (κ3) is 2.42. The first-order chi connectivity index (χ1) is 9.63. The van der Waals surface area contributed by atoms with Crippen LogP contribution in [0.3, 0.4) is 0 Å². The first-order valence-electron chi connectivity index (χ1n) is 5.89. The normalized spacial score (nSPS) is 17.2. The van der Waals surface area contributed by atoms with E-state index in [-0.39, 0.29) is 24.2 Å². The minimum Gasteiger partial charge on any atom is -0.324 e. The molecular formula is C12H10BrN5O2. The lowest BCUT2D eigenvalue weighted by atomic mass is 10.1. The van der Waals surface area contributed by atoms with Crippen molar-refractivity contribution in [2.24, 2.45) is 0 Å². The minimum absolute atomic E-state index is 0.0404. The molecule has 0 fully saturated rings. The number of amides is 2. The lowest BCUT2D eigenvalue weighted by Crippen LogP contribution is -2.35. The van der Waals surface area contributed by atoms with Crippen molar-refractivity contribution in [2.45, 2.75) is 12.5 Å². The van der Waals surface area contributed by atoms with E-state index in [0.717, 1.165) is 4.47 Å². The summed E-state index contributed by atoms with van der Waals surface area (Å²) in [5.41, 5.74) is 0.658. The number of halogens is 1. The summed E-state index contributed by atoms with van der Waals surface area (Å²) in [5.74, 6) is -0.257. The molecule has 1 aliphatic heterocycles. The van der Waals surface area contributed by atoms with Crippen LogP contribution in [0.2, 0.25) is 0 Å². The van der Waals surface area contributed by atoms with Gasteiger partial charge >= 0.3 is 0 Å². The van der Waals surface area contributed by atoms with Gasteiger partial charge < -0.3 is 5.32 Å². The van der Waals surface area contributed by atoms with Crippen LogP contribution in [0.1, 0.15) is 12.5 Å². The Hall–Kier alpha value is -2.22. The zero-order valence-corrected chi connectivity index (χ0v) is 11.8. The highest BCUT2D eigenvalue weighted by Gasteiger charge is 2.31. The highest BCUT2D eigenvalue weighted by atomic mass is 79.9. The molecule has 1 aromatic carbocycles. The second kappa shape index (κ2) is 5.04. The lowest BCUT2D eigenvalue weighted by molar-refractivity contribution is -0.125. The van der Waals surface area contributed by atoms with Crippen LogP contribution in [0.15, 0.2) is 35.1 Å². The van der Waals surface area contributed by atoms with E-state index in [1.807, 2.05) is 12.1 Å². The predicted molar refractivity (Wildman–Crippen MR) is 75.1 cm³/mol. The molecule has 20 heavy (non-hydrogen) atoms. The molecule has 0 aliphatic carbocycles. The van der Waals surface area contributed by atoms with Gasteiger partial charge in [-0.1, -0.05) is 15.9 Å². The molecule has 102 valence electrons. The van der Waals surface area contributed by atoms with Crippen LogP contribution >= 0.6 is 15.9 Å². The molecule has 1 aliphatic rings. The summed E-state index contributed by atoms with van der Waals surface area (Å²) < 4.78 is 2.33. The Morgan fingerprint density at radius 1 is 1.40 bits per heavy atom. The average Bonchev–Trinajstić information content (AvgIpc) is 2.88. The van der Waals surface area contributed by atoms with Gasteiger partial charge in [0.05, 0.1) is 6.42 Å². The molecule has 7 nitrogen and oxygen atoms in total. The number of anilines is 2. The Balaban J connectivity index is 1.81. The molecule has 3 rings (SSSR count). The zero-order valence-electron chi connectivity index (χ0n) is 10.2. The van der Waals surface area contributed by atoms with Crippen LogP contribution in [-0.2, 0) is 9.59 Å². The smallest absolute Gasteiger partial charge is 0.249 e. The van der Waals surface area contributed by atoms with Crippen LogP contribution in [0, 0.1) is 0 Å². The maximum absolute atomic E-state index is 12.3. The molecule has 2 aromatic rings. The van der Waals surface area contributed by atoms with Crippen LogP contribution in [-0.4, -0.2) is 26.6 Å². The van der Waals surface area contributed by atoms with Gasteiger partial charge in [0.1, 0.15) is 12.4 Å². The topological polar surface area (TPSA) is 88.9 Å². The van der Waals surface area contributed by atoms with Crippen molar-refractivity contribution < 1.29 is 9.59 Å². The van der Waals surface area contributed by atoms with Gasteiger partial charge in [-0.25, -0.2) is 4.68 Å². The van der Waals surface area contributed by atoms with Gasteiger partial charge in [0.15, 0.2) is 0 Å². The van der Waals surface area contributed by atoms with Gasteiger partial charge in [0, 0.05) is 10.2 Å². The molecule has 0 saturated heterocycles. The van der Waals surface area contributed by atoms with E-state index >= 15 is 0 Å². The summed E-state index contributed by atoms with van der Waals surface area (Å²) in [5, 5.41) is 9.29. The zero-order chi connectivity index (χ0) is 14.1. The Labute approximate surface area is 122 Å². The maximum Gasteiger partial charge on any atom is 0.249 e. The third-order valence-corrected chi connectivity index (χ3v) is 3.44. The van der Waals surface area contributed by atoms with Crippen molar-refractivity contribution >= 4 is 39.4 Å². The molecule has 0 unspecified atom stereocenters. The number of hydrogen-bond acceptors (Lipinski definition) is 4. The molecular weight excluding hydrogens is 326 g/mol. The molecule has 2 amide bonds. The van der Waals surface area contributed by atoms with Crippen molar-refractivity contribution in [3.05, 3.63) is 35.1 Å². The number of nitrogens with zero attached hydrogens (tertiary/aromatic N) is 3. The van der Waals surface area contributed by atoms with E-state index in [1.54, 1.807) is 12.1 Å². The Morgan fingerprint density at radius 3 is 2.90 bits per heavy atom. The number of nitrogens with one attached hydrogen (secondary N) is 2. The Morgan fingerprint density at radius 2 is 2.15 bits per heavy atom. The fraction of sp³-hybridized carbons (Fsp3) is 0.167. The lowest BCUT2D eigenvalue weighted by Gasteiger charge is -2.22. The molecule has 8 heteroatoms. The summed E-state index contributed by atoms with van der Waals surface area (Å²) >= 11 is 3.32. The van der Waals surface area contributed by atoms with Crippen molar-refractivity contribution in [3.63, 3.8) is 0 Å². The van der Waals surface area contributed by atoms with Gasteiger partial charge in [-0.2, -0.15) is 10.1 Å². The molecule has 1 aromatic heterocycles. The predicted octanol–water partition coefficient (Wildman–Crippen LogP) is 1.56. The van der Waals surface area contributed by atoms with E-state index < -0.39 is 6.04 Å². The second-order valence-electron chi connectivity index (χ2n) is 4.29. The van der Waals surface area contributed by atoms with Gasteiger partial charge in [-0.15, -0.1) is 0 Å².